The zero-order valence-electron chi connectivity index (χ0n) is 6.45. The average Bonchev–Trinajstić information content (AvgIpc) is 2.30. The van der Waals surface area contributed by atoms with E-state index in [4.69, 9.17) is 10.2 Å². The highest BCUT2D eigenvalue weighted by atomic mass is 16.3. The van der Waals surface area contributed by atoms with Crippen molar-refractivity contribution in [2.45, 2.75) is 18.7 Å². The number of aliphatic hydroxyl groups is 2. The first-order valence-corrected chi connectivity index (χ1v) is 3.99. The molecule has 0 bridgehead atoms. The molecule has 58 valence electrons. The summed E-state index contributed by atoms with van der Waals surface area (Å²) >= 11 is 0. The monoisotopic (exact) mass is 142 g/mol. The highest BCUT2D eigenvalue weighted by molar-refractivity contribution is 6.11. The maximum absolute atomic E-state index is 8.87. The molecule has 3 heteroatoms. The molecular weight excluding hydrogens is 127 g/mol. The van der Waals surface area contributed by atoms with Crippen LogP contribution in [0.25, 0.3) is 0 Å². The summed E-state index contributed by atoms with van der Waals surface area (Å²) < 4.78 is 0. The minimum absolute atomic E-state index is 0.246. The summed E-state index contributed by atoms with van der Waals surface area (Å²) in [6, 6.07) is 0. The van der Waals surface area contributed by atoms with Crippen LogP contribution in [0.3, 0.4) is 0 Å². The Morgan fingerprint density at radius 3 is 1.80 bits per heavy atom. The van der Waals surface area contributed by atoms with Crippen molar-refractivity contribution in [1.82, 2.24) is 0 Å². The van der Waals surface area contributed by atoms with Gasteiger partial charge in [0.1, 0.15) is 7.85 Å². The van der Waals surface area contributed by atoms with Crippen LogP contribution in [-0.4, -0.2) is 31.3 Å². The smallest absolute Gasteiger partial charge is 0.105 e. The highest BCUT2D eigenvalue weighted by Crippen LogP contribution is 2.37. The van der Waals surface area contributed by atoms with Gasteiger partial charge in [-0.05, 0) is 11.8 Å². The van der Waals surface area contributed by atoms with Crippen molar-refractivity contribution in [3.63, 3.8) is 0 Å². The molecule has 10 heavy (non-hydrogen) atoms. The highest BCUT2D eigenvalue weighted by Gasteiger charge is 2.30. The molecule has 3 atom stereocenters. The standard InChI is InChI=1S/C7H15BO2/c8-7-1-5(3-9)6(2-7)4-10/h5-7,9-10H,1-4,8H2/t5-,6?,7-/m1/s1. The van der Waals surface area contributed by atoms with Crippen molar-refractivity contribution in [1.29, 1.82) is 0 Å². The predicted octanol–water partition coefficient (Wildman–Crippen LogP) is -0.581. The van der Waals surface area contributed by atoms with E-state index < -0.39 is 0 Å². The Bertz CT molecular complexity index is 95.8. The first-order valence-electron chi connectivity index (χ1n) is 3.99. The van der Waals surface area contributed by atoms with E-state index in [1.807, 2.05) is 0 Å². The molecule has 2 nitrogen and oxygen atoms in total. The summed E-state index contributed by atoms with van der Waals surface area (Å²) in [6.07, 6.45) is 2.17. The second kappa shape index (κ2) is 3.40. The molecule has 0 radical (unpaired) electrons. The third-order valence-electron chi connectivity index (χ3n) is 2.55. The van der Waals surface area contributed by atoms with E-state index in [2.05, 4.69) is 7.85 Å². The van der Waals surface area contributed by atoms with E-state index in [0.29, 0.717) is 17.7 Å². The summed E-state index contributed by atoms with van der Waals surface area (Å²) in [4.78, 5) is 0. The Morgan fingerprint density at radius 1 is 1.10 bits per heavy atom. The minimum Gasteiger partial charge on any atom is -0.396 e. The normalized spacial score (nSPS) is 40.4. The van der Waals surface area contributed by atoms with Crippen molar-refractivity contribution in [2.24, 2.45) is 11.8 Å². The Morgan fingerprint density at radius 2 is 1.50 bits per heavy atom. The van der Waals surface area contributed by atoms with E-state index >= 15 is 0 Å². The second-order valence-electron chi connectivity index (χ2n) is 3.46. The van der Waals surface area contributed by atoms with Crippen LogP contribution >= 0.6 is 0 Å². The largest absolute Gasteiger partial charge is 0.396 e. The van der Waals surface area contributed by atoms with E-state index in [1.165, 1.54) is 0 Å². The summed E-state index contributed by atoms with van der Waals surface area (Å²) in [5, 5.41) is 17.7. The third-order valence-corrected chi connectivity index (χ3v) is 2.55. The van der Waals surface area contributed by atoms with Gasteiger partial charge in [-0.25, -0.2) is 0 Å². The molecule has 1 saturated carbocycles. The van der Waals surface area contributed by atoms with E-state index in [-0.39, 0.29) is 13.2 Å². The van der Waals surface area contributed by atoms with E-state index in [1.54, 1.807) is 0 Å². The van der Waals surface area contributed by atoms with Gasteiger partial charge >= 0.3 is 0 Å². The first-order chi connectivity index (χ1) is 4.77. The molecule has 0 aliphatic heterocycles. The summed E-state index contributed by atoms with van der Waals surface area (Å²) in [5.41, 5.74) is 0. The van der Waals surface area contributed by atoms with Crippen molar-refractivity contribution in [3.8, 4) is 0 Å². The Hall–Kier alpha value is -0.0151. The molecule has 1 aliphatic carbocycles. The molecule has 0 spiro atoms. The van der Waals surface area contributed by atoms with Gasteiger partial charge in [0, 0.05) is 13.2 Å². The third kappa shape index (κ3) is 1.52. The minimum atomic E-state index is 0.246. The average molecular weight is 142 g/mol. The molecule has 2 N–H and O–H groups in total. The number of rotatable bonds is 2. The molecule has 1 unspecified atom stereocenters. The maximum Gasteiger partial charge on any atom is 0.105 e. The molecule has 0 aromatic rings. The predicted molar refractivity (Wildman–Crippen MR) is 42.7 cm³/mol. The first kappa shape index (κ1) is 8.09. The van der Waals surface area contributed by atoms with Gasteiger partial charge in [0.25, 0.3) is 0 Å². The lowest BCUT2D eigenvalue weighted by Crippen LogP contribution is -2.15. The van der Waals surface area contributed by atoms with Crippen LogP contribution in [0.4, 0.5) is 0 Å². The SMILES string of the molecule is B[C@H]1CC(CO)[C@@H](CO)C1. The molecule has 0 aromatic heterocycles. The zero-order valence-corrected chi connectivity index (χ0v) is 6.45. The van der Waals surface area contributed by atoms with Crippen molar-refractivity contribution in [3.05, 3.63) is 0 Å². The Labute approximate surface area is 62.7 Å². The lowest BCUT2D eigenvalue weighted by Gasteiger charge is -2.12. The van der Waals surface area contributed by atoms with Crippen LogP contribution in [0.2, 0.25) is 5.82 Å². The molecule has 1 fully saturated rings. The van der Waals surface area contributed by atoms with E-state index in [0.717, 1.165) is 12.8 Å². The molecule has 0 amide bonds. The fraction of sp³-hybridized carbons (Fsp3) is 1.00. The van der Waals surface area contributed by atoms with Gasteiger partial charge in [-0.3, -0.25) is 0 Å². The summed E-state index contributed by atoms with van der Waals surface area (Å²) in [7, 11) is 2.18. The number of aliphatic hydroxyl groups excluding tert-OH is 2. The maximum atomic E-state index is 8.87. The van der Waals surface area contributed by atoms with E-state index in [9.17, 15) is 0 Å². The summed E-state index contributed by atoms with van der Waals surface area (Å²) in [6.45, 7) is 0.491. The molecule has 1 rings (SSSR count). The van der Waals surface area contributed by atoms with Gasteiger partial charge in [0.15, 0.2) is 0 Å². The fourth-order valence-electron chi connectivity index (χ4n) is 1.96. The number of hydrogen-bond donors (Lipinski definition) is 2. The molecule has 0 saturated heterocycles. The quantitative estimate of drug-likeness (QED) is 0.506. The van der Waals surface area contributed by atoms with Gasteiger partial charge in [-0.2, -0.15) is 0 Å². The lowest BCUT2D eigenvalue weighted by molar-refractivity contribution is 0.141. The van der Waals surface area contributed by atoms with Crippen LogP contribution in [0.15, 0.2) is 0 Å². The summed E-state index contributed by atoms with van der Waals surface area (Å²) in [5.74, 6) is 1.41. The van der Waals surface area contributed by atoms with Crippen molar-refractivity contribution >= 4 is 7.85 Å². The van der Waals surface area contributed by atoms with Gasteiger partial charge in [-0.1, -0.05) is 18.7 Å². The van der Waals surface area contributed by atoms with Gasteiger partial charge < -0.3 is 10.2 Å². The molecule has 0 aromatic carbocycles. The zero-order chi connectivity index (χ0) is 7.56. The Balaban J connectivity index is 2.41. The topological polar surface area (TPSA) is 40.5 Å². The fourth-order valence-corrected chi connectivity index (χ4v) is 1.96. The van der Waals surface area contributed by atoms with Crippen LogP contribution < -0.4 is 0 Å². The van der Waals surface area contributed by atoms with Crippen LogP contribution in [0.5, 0.6) is 0 Å². The lowest BCUT2D eigenvalue weighted by atomic mass is 9.85. The molecule has 0 heterocycles. The Kier molecular flexibility index (Phi) is 2.75. The second-order valence-corrected chi connectivity index (χ2v) is 3.46. The van der Waals surface area contributed by atoms with Gasteiger partial charge in [0.05, 0.1) is 0 Å². The molecular formula is C7H15BO2. The molecule has 1 aliphatic rings. The van der Waals surface area contributed by atoms with Crippen molar-refractivity contribution < 1.29 is 10.2 Å². The number of hydrogen-bond acceptors (Lipinski definition) is 2. The van der Waals surface area contributed by atoms with Crippen molar-refractivity contribution in [2.75, 3.05) is 13.2 Å². The van der Waals surface area contributed by atoms with Crippen LogP contribution in [-0.2, 0) is 0 Å². The van der Waals surface area contributed by atoms with Crippen LogP contribution in [0.1, 0.15) is 12.8 Å². The van der Waals surface area contributed by atoms with Crippen LogP contribution in [0, 0.1) is 11.8 Å². The van der Waals surface area contributed by atoms with Gasteiger partial charge in [0.2, 0.25) is 0 Å². The van der Waals surface area contributed by atoms with Gasteiger partial charge in [-0.15, -0.1) is 0 Å².